The van der Waals surface area contributed by atoms with Crippen LogP contribution in [0, 0.1) is 12.8 Å². The molecule has 1 heterocycles. The minimum absolute atomic E-state index is 0.101. The van der Waals surface area contributed by atoms with Gasteiger partial charge in [0.1, 0.15) is 12.3 Å². The molecule has 0 atom stereocenters. The summed E-state index contributed by atoms with van der Waals surface area (Å²) in [4.78, 5) is 26.2. The van der Waals surface area contributed by atoms with Crippen molar-refractivity contribution in [3.63, 3.8) is 0 Å². The van der Waals surface area contributed by atoms with Gasteiger partial charge in [0.15, 0.2) is 5.82 Å². The van der Waals surface area contributed by atoms with Crippen LogP contribution in [0.25, 0.3) is 0 Å². The molecule has 1 aliphatic rings. The van der Waals surface area contributed by atoms with Gasteiger partial charge in [0.25, 0.3) is 5.91 Å². The van der Waals surface area contributed by atoms with Crippen molar-refractivity contribution in [1.82, 2.24) is 10.1 Å². The number of nitrogens with zero attached hydrogens (tertiary/aromatic N) is 2. The van der Waals surface area contributed by atoms with Crippen molar-refractivity contribution in [3.8, 4) is 0 Å². The molecule has 1 N–H and O–H groups in total. The number of carbonyl (C=O) groups is 2. The Labute approximate surface area is 153 Å². The summed E-state index contributed by atoms with van der Waals surface area (Å²) < 4.78 is 43.6. The molecule has 1 saturated carbocycles. The number of hydrogen-bond donors (Lipinski definition) is 1. The van der Waals surface area contributed by atoms with Gasteiger partial charge in [-0.05, 0) is 43.9 Å². The van der Waals surface area contributed by atoms with Crippen LogP contribution in [0.2, 0.25) is 0 Å². The van der Waals surface area contributed by atoms with Crippen molar-refractivity contribution in [3.05, 3.63) is 47.2 Å². The third-order valence-electron chi connectivity index (χ3n) is 4.13. The number of halogens is 3. The molecule has 27 heavy (non-hydrogen) atoms. The van der Waals surface area contributed by atoms with E-state index in [0.29, 0.717) is 12.3 Å². The van der Waals surface area contributed by atoms with Gasteiger partial charge in [-0.25, -0.2) is 0 Å². The van der Waals surface area contributed by atoms with E-state index in [1.165, 1.54) is 23.1 Å². The lowest BCUT2D eigenvalue weighted by molar-refractivity contribution is -0.137. The van der Waals surface area contributed by atoms with Crippen LogP contribution in [0.5, 0.6) is 0 Å². The number of alkyl halides is 3. The highest BCUT2D eigenvalue weighted by atomic mass is 19.4. The van der Waals surface area contributed by atoms with E-state index in [0.717, 1.165) is 25.0 Å². The molecular weight excluding hydrogens is 363 g/mol. The van der Waals surface area contributed by atoms with Crippen molar-refractivity contribution >= 4 is 17.6 Å². The number of hydrogen-bond acceptors (Lipinski definition) is 4. The van der Waals surface area contributed by atoms with E-state index in [1.807, 2.05) is 0 Å². The predicted molar refractivity (Wildman–Crippen MR) is 89.9 cm³/mol. The van der Waals surface area contributed by atoms with Crippen molar-refractivity contribution in [1.29, 1.82) is 0 Å². The first-order valence-electron chi connectivity index (χ1n) is 8.42. The van der Waals surface area contributed by atoms with Gasteiger partial charge in [-0.2, -0.15) is 13.2 Å². The van der Waals surface area contributed by atoms with Crippen LogP contribution in [0.1, 0.15) is 34.5 Å². The Hall–Kier alpha value is -2.84. The summed E-state index contributed by atoms with van der Waals surface area (Å²) in [5, 5.41) is 6.15. The summed E-state index contributed by atoms with van der Waals surface area (Å²) in [5.74, 6) is -0.110. The molecule has 1 aromatic heterocycles. The van der Waals surface area contributed by atoms with Crippen molar-refractivity contribution in [2.75, 3.05) is 18.4 Å². The fourth-order valence-corrected chi connectivity index (χ4v) is 2.62. The molecule has 3 rings (SSSR count). The minimum atomic E-state index is -4.54. The summed E-state index contributed by atoms with van der Waals surface area (Å²) in [6, 6.07) is 5.74. The molecule has 0 radical (unpaired) electrons. The quantitative estimate of drug-likeness (QED) is 0.831. The normalized spacial score (nSPS) is 14.1. The maximum Gasteiger partial charge on any atom is 0.416 e. The molecular formula is C18H18F3N3O3. The molecule has 1 aromatic carbocycles. The molecule has 1 aliphatic carbocycles. The molecule has 0 bridgehead atoms. The summed E-state index contributed by atoms with van der Waals surface area (Å²) in [6.07, 6.45) is -2.69. The van der Waals surface area contributed by atoms with E-state index in [1.54, 1.807) is 6.92 Å². The van der Waals surface area contributed by atoms with Crippen molar-refractivity contribution < 1.29 is 27.3 Å². The smallest absolute Gasteiger partial charge is 0.360 e. The van der Waals surface area contributed by atoms with Crippen LogP contribution in [-0.4, -0.2) is 35.0 Å². The topological polar surface area (TPSA) is 75.4 Å². The lowest BCUT2D eigenvalue weighted by Crippen LogP contribution is -2.39. The SMILES string of the molecule is Cc1cc(NC(=O)CN(CC2CC2)C(=O)c2cccc(C(F)(F)F)c2)no1. The highest BCUT2D eigenvalue weighted by Gasteiger charge is 2.32. The Morgan fingerprint density at radius 1 is 1.30 bits per heavy atom. The molecule has 6 nitrogen and oxygen atoms in total. The van der Waals surface area contributed by atoms with Crippen LogP contribution in [0.4, 0.5) is 19.0 Å². The second-order valence-corrected chi connectivity index (χ2v) is 6.58. The summed E-state index contributed by atoms with van der Waals surface area (Å²) in [6.45, 7) is 1.71. The number of benzene rings is 1. The molecule has 2 aromatic rings. The molecule has 0 spiro atoms. The molecule has 1 fully saturated rings. The second kappa shape index (κ2) is 7.42. The Kier molecular flexibility index (Phi) is 5.20. The van der Waals surface area contributed by atoms with Gasteiger partial charge in [-0.1, -0.05) is 11.2 Å². The lowest BCUT2D eigenvalue weighted by atomic mass is 10.1. The number of aromatic nitrogens is 1. The second-order valence-electron chi connectivity index (χ2n) is 6.58. The maximum atomic E-state index is 12.9. The van der Waals surface area contributed by atoms with Gasteiger partial charge in [0.05, 0.1) is 5.56 Å². The highest BCUT2D eigenvalue weighted by molar-refractivity contribution is 5.99. The molecule has 0 unspecified atom stereocenters. The predicted octanol–water partition coefficient (Wildman–Crippen LogP) is 3.49. The van der Waals surface area contributed by atoms with E-state index in [4.69, 9.17) is 4.52 Å². The first-order valence-corrected chi connectivity index (χ1v) is 8.42. The van der Waals surface area contributed by atoms with Crippen LogP contribution in [-0.2, 0) is 11.0 Å². The average Bonchev–Trinajstić information content (AvgIpc) is 3.33. The zero-order chi connectivity index (χ0) is 19.6. The fraction of sp³-hybridized carbons (Fsp3) is 0.389. The Morgan fingerprint density at radius 2 is 2.04 bits per heavy atom. The number of carbonyl (C=O) groups excluding carboxylic acids is 2. The largest absolute Gasteiger partial charge is 0.416 e. The van der Waals surface area contributed by atoms with Gasteiger partial charge in [-0.3, -0.25) is 9.59 Å². The van der Waals surface area contributed by atoms with Gasteiger partial charge < -0.3 is 14.7 Å². The van der Waals surface area contributed by atoms with Gasteiger partial charge in [0.2, 0.25) is 5.91 Å². The van der Waals surface area contributed by atoms with Gasteiger partial charge >= 0.3 is 6.18 Å². The molecule has 0 aliphatic heterocycles. The van der Waals surface area contributed by atoms with Crippen LogP contribution in [0.15, 0.2) is 34.9 Å². The van der Waals surface area contributed by atoms with E-state index in [2.05, 4.69) is 10.5 Å². The number of amides is 2. The first kappa shape index (κ1) is 18.9. The van der Waals surface area contributed by atoms with Crippen LogP contribution < -0.4 is 5.32 Å². The van der Waals surface area contributed by atoms with Crippen molar-refractivity contribution in [2.45, 2.75) is 25.9 Å². The summed E-state index contributed by atoms with van der Waals surface area (Å²) in [7, 11) is 0. The standard InChI is InChI=1S/C18H18F3N3O3/c1-11-7-15(23-27-11)22-16(25)10-24(9-12-5-6-12)17(26)13-3-2-4-14(8-13)18(19,20)21/h2-4,7-8,12H,5-6,9-10H2,1H3,(H,22,23,25). The molecule has 0 saturated heterocycles. The van der Waals surface area contributed by atoms with E-state index in [-0.39, 0.29) is 23.8 Å². The maximum absolute atomic E-state index is 12.9. The highest BCUT2D eigenvalue weighted by Crippen LogP contribution is 2.32. The third-order valence-corrected chi connectivity index (χ3v) is 4.13. The third kappa shape index (κ3) is 5.08. The monoisotopic (exact) mass is 381 g/mol. The van der Waals surface area contributed by atoms with Crippen LogP contribution in [0.3, 0.4) is 0 Å². The van der Waals surface area contributed by atoms with Crippen molar-refractivity contribution in [2.24, 2.45) is 5.92 Å². The zero-order valence-electron chi connectivity index (χ0n) is 14.5. The summed E-state index contributed by atoms with van der Waals surface area (Å²) in [5.41, 5.74) is -1.00. The van der Waals surface area contributed by atoms with E-state index in [9.17, 15) is 22.8 Å². The van der Waals surface area contributed by atoms with Crippen LogP contribution >= 0.6 is 0 Å². The number of nitrogens with one attached hydrogen (secondary N) is 1. The molecule has 144 valence electrons. The number of anilines is 1. The minimum Gasteiger partial charge on any atom is -0.360 e. The first-order chi connectivity index (χ1) is 12.7. The number of rotatable bonds is 6. The summed E-state index contributed by atoms with van der Waals surface area (Å²) >= 11 is 0. The Morgan fingerprint density at radius 3 is 2.63 bits per heavy atom. The van der Waals surface area contributed by atoms with Gasteiger partial charge in [0, 0.05) is 18.2 Å². The number of aryl methyl sites for hydroxylation is 1. The molecule has 9 heteroatoms. The van der Waals surface area contributed by atoms with Gasteiger partial charge in [-0.15, -0.1) is 0 Å². The zero-order valence-corrected chi connectivity index (χ0v) is 14.5. The van der Waals surface area contributed by atoms with E-state index >= 15 is 0 Å². The lowest BCUT2D eigenvalue weighted by Gasteiger charge is -2.22. The molecule has 2 amide bonds. The average molecular weight is 381 g/mol. The van der Waals surface area contributed by atoms with E-state index < -0.39 is 23.6 Å². The fourth-order valence-electron chi connectivity index (χ4n) is 2.62. The Balaban J connectivity index is 1.73. The Bertz CT molecular complexity index is 844.